The molecular weight excluding hydrogens is 216 g/mol. The van der Waals surface area contributed by atoms with Crippen LogP contribution in [0.1, 0.15) is 21.5 Å². The zero-order valence-electron chi connectivity index (χ0n) is 9.78. The molecule has 0 unspecified atom stereocenters. The van der Waals surface area contributed by atoms with Gasteiger partial charge in [0.15, 0.2) is 0 Å². The van der Waals surface area contributed by atoms with Crippen LogP contribution in [-0.2, 0) is 13.0 Å². The maximum Gasteiger partial charge on any atom is 0.252 e. The van der Waals surface area contributed by atoms with Gasteiger partial charge in [0.25, 0.3) is 5.91 Å². The molecule has 0 aromatic heterocycles. The first kappa shape index (κ1) is 12.0. The molecule has 92 valence electrons. The minimum atomic E-state index is -0.114. The molecule has 5 heteroatoms. The first-order chi connectivity index (χ1) is 8.24. The molecule has 0 fully saturated rings. The average Bonchev–Trinajstić information content (AvgIpc) is 2.37. The number of nitrogens with one attached hydrogen (secondary N) is 1. The van der Waals surface area contributed by atoms with Crippen molar-refractivity contribution in [2.45, 2.75) is 13.0 Å². The van der Waals surface area contributed by atoms with Crippen LogP contribution in [0.4, 0.5) is 0 Å². The number of benzene rings is 1. The van der Waals surface area contributed by atoms with Gasteiger partial charge in [0.1, 0.15) is 0 Å². The lowest BCUT2D eigenvalue weighted by molar-refractivity contribution is 0.0954. The van der Waals surface area contributed by atoms with Crippen LogP contribution < -0.4 is 16.8 Å². The molecule has 0 spiro atoms. The second-order valence-electron chi connectivity index (χ2n) is 4.18. The Morgan fingerprint density at radius 3 is 2.88 bits per heavy atom. The smallest absolute Gasteiger partial charge is 0.252 e. The molecule has 0 atom stereocenters. The number of hydrogen-bond donors (Lipinski definition) is 3. The van der Waals surface area contributed by atoms with Crippen LogP contribution in [0.3, 0.4) is 0 Å². The van der Waals surface area contributed by atoms with Gasteiger partial charge in [0.05, 0.1) is 6.67 Å². The molecule has 0 saturated carbocycles. The number of rotatable bonds is 3. The van der Waals surface area contributed by atoms with Crippen molar-refractivity contribution in [2.24, 2.45) is 11.5 Å². The normalized spacial score (nSPS) is 15.4. The SMILES string of the molecule is NCNC(=O)c1ccc2c(c1)CCN(CN)C2. The van der Waals surface area contributed by atoms with Gasteiger partial charge >= 0.3 is 0 Å². The largest absolute Gasteiger partial charge is 0.340 e. The Morgan fingerprint density at radius 1 is 1.35 bits per heavy atom. The lowest BCUT2D eigenvalue weighted by atomic mass is 9.97. The molecule has 0 saturated heterocycles. The van der Waals surface area contributed by atoms with E-state index in [0.717, 1.165) is 19.5 Å². The van der Waals surface area contributed by atoms with E-state index in [2.05, 4.69) is 10.2 Å². The fourth-order valence-electron chi connectivity index (χ4n) is 2.10. The van der Waals surface area contributed by atoms with Crippen molar-refractivity contribution in [2.75, 3.05) is 19.9 Å². The number of nitrogens with zero attached hydrogens (tertiary/aromatic N) is 1. The predicted octanol–water partition coefficient (Wildman–Crippen LogP) is -0.393. The summed E-state index contributed by atoms with van der Waals surface area (Å²) in [5.41, 5.74) is 14.1. The molecule has 0 aliphatic carbocycles. The molecule has 5 N–H and O–H groups in total. The third-order valence-corrected chi connectivity index (χ3v) is 3.08. The molecule has 17 heavy (non-hydrogen) atoms. The highest BCUT2D eigenvalue weighted by molar-refractivity contribution is 5.94. The van der Waals surface area contributed by atoms with Gasteiger partial charge in [0, 0.05) is 25.3 Å². The summed E-state index contributed by atoms with van der Waals surface area (Å²) >= 11 is 0. The Bertz CT molecular complexity index is 419. The summed E-state index contributed by atoms with van der Waals surface area (Å²) in [4.78, 5) is 13.8. The summed E-state index contributed by atoms with van der Waals surface area (Å²) in [6, 6.07) is 5.79. The van der Waals surface area contributed by atoms with Crippen molar-refractivity contribution in [1.29, 1.82) is 0 Å². The van der Waals surface area contributed by atoms with Crippen LogP contribution in [0.25, 0.3) is 0 Å². The van der Waals surface area contributed by atoms with Crippen molar-refractivity contribution in [3.8, 4) is 0 Å². The molecular formula is C12H18N4O. The number of amides is 1. The van der Waals surface area contributed by atoms with E-state index < -0.39 is 0 Å². The third-order valence-electron chi connectivity index (χ3n) is 3.08. The molecule has 1 amide bonds. The van der Waals surface area contributed by atoms with Gasteiger partial charge in [-0.05, 0) is 29.7 Å². The Hall–Kier alpha value is -1.43. The van der Waals surface area contributed by atoms with Crippen molar-refractivity contribution < 1.29 is 4.79 Å². The van der Waals surface area contributed by atoms with Gasteiger partial charge in [-0.3, -0.25) is 9.69 Å². The highest BCUT2D eigenvalue weighted by Crippen LogP contribution is 2.19. The van der Waals surface area contributed by atoms with E-state index in [-0.39, 0.29) is 12.6 Å². The van der Waals surface area contributed by atoms with Crippen molar-refractivity contribution in [1.82, 2.24) is 10.2 Å². The van der Waals surface area contributed by atoms with E-state index in [1.807, 2.05) is 18.2 Å². The summed E-state index contributed by atoms with van der Waals surface area (Å²) in [7, 11) is 0. The van der Waals surface area contributed by atoms with Gasteiger partial charge in [-0.25, -0.2) is 0 Å². The first-order valence-corrected chi connectivity index (χ1v) is 5.77. The van der Waals surface area contributed by atoms with Crippen molar-refractivity contribution >= 4 is 5.91 Å². The highest BCUT2D eigenvalue weighted by atomic mass is 16.1. The van der Waals surface area contributed by atoms with Crippen LogP contribution in [0.5, 0.6) is 0 Å². The molecule has 5 nitrogen and oxygen atoms in total. The lowest BCUT2D eigenvalue weighted by Crippen LogP contribution is -2.35. The van der Waals surface area contributed by atoms with Crippen molar-refractivity contribution in [3.63, 3.8) is 0 Å². The summed E-state index contributed by atoms with van der Waals surface area (Å²) in [5.74, 6) is -0.114. The van der Waals surface area contributed by atoms with Crippen LogP contribution in [0.15, 0.2) is 18.2 Å². The second-order valence-corrected chi connectivity index (χ2v) is 4.18. The molecule has 1 aliphatic rings. The monoisotopic (exact) mass is 234 g/mol. The minimum Gasteiger partial charge on any atom is -0.340 e. The average molecular weight is 234 g/mol. The summed E-state index contributed by atoms with van der Waals surface area (Å²) in [5, 5.41) is 2.60. The van der Waals surface area contributed by atoms with Gasteiger partial charge < -0.3 is 16.8 Å². The van der Waals surface area contributed by atoms with E-state index in [0.29, 0.717) is 12.2 Å². The Morgan fingerprint density at radius 2 is 2.18 bits per heavy atom. The molecule has 2 rings (SSSR count). The Balaban J connectivity index is 2.18. The second kappa shape index (κ2) is 5.27. The number of carbonyl (C=O) groups is 1. The standard InChI is InChI=1S/C12H18N4O/c13-7-15-12(17)10-1-2-11-6-16(8-14)4-3-9(11)5-10/h1-2,5H,3-4,6-8,13-14H2,(H,15,17). The fraction of sp³-hybridized carbons (Fsp3) is 0.417. The third kappa shape index (κ3) is 2.63. The maximum atomic E-state index is 11.6. The topological polar surface area (TPSA) is 84.4 Å². The van der Waals surface area contributed by atoms with E-state index >= 15 is 0 Å². The Kier molecular flexibility index (Phi) is 3.73. The number of fused-ring (bicyclic) bond motifs is 1. The zero-order chi connectivity index (χ0) is 12.3. The summed E-state index contributed by atoms with van der Waals surface area (Å²) < 4.78 is 0. The molecule has 1 aromatic rings. The van der Waals surface area contributed by atoms with Crippen LogP contribution in [0.2, 0.25) is 0 Å². The Labute approximate surface area is 101 Å². The van der Waals surface area contributed by atoms with Gasteiger partial charge in [-0.2, -0.15) is 0 Å². The van der Waals surface area contributed by atoms with Gasteiger partial charge in [-0.15, -0.1) is 0 Å². The maximum absolute atomic E-state index is 11.6. The van der Waals surface area contributed by atoms with Gasteiger partial charge in [0.2, 0.25) is 0 Å². The van der Waals surface area contributed by atoms with E-state index in [4.69, 9.17) is 11.5 Å². The van der Waals surface area contributed by atoms with Gasteiger partial charge in [-0.1, -0.05) is 6.07 Å². The predicted molar refractivity (Wildman–Crippen MR) is 66.1 cm³/mol. The summed E-state index contributed by atoms with van der Waals surface area (Å²) in [6.07, 6.45) is 0.941. The lowest BCUT2D eigenvalue weighted by Gasteiger charge is -2.27. The van der Waals surface area contributed by atoms with Crippen LogP contribution >= 0.6 is 0 Å². The minimum absolute atomic E-state index is 0.114. The van der Waals surface area contributed by atoms with E-state index in [1.165, 1.54) is 11.1 Å². The van der Waals surface area contributed by atoms with Crippen LogP contribution in [-0.4, -0.2) is 30.7 Å². The zero-order valence-corrected chi connectivity index (χ0v) is 9.78. The molecule has 1 aromatic carbocycles. The quantitative estimate of drug-likeness (QED) is 0.622. The van der Waals surface area contributed by atoms with Crippen LogP contribution in [0, 0.1) is 0 Å². The van der Waals surface area contributed by atoms with Crippen molar-refractivity contribution in [3.05, 3.63) is 34.9 Å². The number of nitrogens with two attached hydrogens (primary N) is 2. The fourth-order valence-corrected chi connectivity index (χ4v) is 2.10. The molecule has 0 bridgehead atoms. The van der Waals surface area contributed by atoms with E-state index in [9.17, 15) is 4.79 Å². The van der Waals surface area contributed by atoms with E-state index in [1.54, 1.807) is 0 Å². The number of carbonyl (C=O) groups excluding carboxylic acids is 1. The molecule has 1 heterocycles. The first-order valence-electron chi connectivity index (χ1n) is 5.77. The summed E-state index contributed by atoms with van der Waals surface area (Å²) in [6.45, 7) is 2.56. The number of hydrogen-bond acceptors (Lipinski definition) is 4. The molecule has 1 aliphatic heterocycles. The molecule has 0 radical (unpaired) electrons. The highest BCUT2D eigenvalue weighted by Gasteiger charge is 2.16.